The molecule has 10 heteroatoms. The number of unbranched alkanes of at least 4 members (excludes halogenated alkanes) is 12. The lowest BCUT2D eigenvalue weighted by atomic mass is 10.1. The van der Waals surface area contributed by atoms with Gasteiger partial charge in [-0.05, 0) is 31.4 Å². The zero-order chi connectivity index (χ0) is 28.6. The van der Waals surface area contributed by atoms with Crippen LogP contribution in [-0.2, 0) is 0 Å². The van der Waals surface area contributed by atoms with Crippen LogP contribution in [0.25, 0.3) is 11.0 Å². The van der Waals surface area contributed by atoms with E-state index < -0.39 is 40.6 Å². The van der Waals surface area contributed by atoms with Crippen molar-refractivity contribution >= 4 is 23.0 Å². The first-order valence-electron chi connectivity index (χ1n) is 14.2. The van der Waals surface area contributed by atoms with Crippen molar-refractivity contribution in [2.24, 2.45) is 0 Å². The molecule has 1 heterocycles. The van der Waals surface area contributed by atoms with Crippen LogP contribution in [0.5, 0.6) is 5.75 Å². The number of nitrogens with zero attached hydrogens (tertiary/aromatic N) is 1. The molecule has 2 amide bonds. The summed E-state index contributed by atoms with van der Waals surface area (Å²) >= 11 is 0. The molecule has 2 aromatic rings. The third kappa shape index (κ3) is 10.8. The lowest BCUT2D eigenvalue weighted by Crippen LogP contribution is -2.31. The number of rotatable bonds is 19. The Hall–Kier alpha value is -3.17. The minimum atomic E-state index is -1.38. The van der Waals surface area contributed by atoms with Gasteiger partial charge in [-0.3, -0.25) is 4.79 Å². The van der Waals surface area contributed by atoms with Crippen molar-refractivity contribution in [3.8, 4) is 5.75 Å². The summed E-state index contributed by atoms with van der Waals surface area (Å²) in [4.78, 5) is 37.3. The van der Waals surface area contributed by atoms with Gasteiger partial charge in [0.2, 0.25) is 5.82 Å². The van der Waals surface area contributed by atoms with Crippen molar-refractivity contribution in [1.29, 1.82) is 0 Å². The molecule has 0 unspecified atom stereocenters. The van der Waals surface area contributed by atoms with E-state index in [2.05, 4.69) is 12.2 Å². The van der Waals surface area contributed by atoms with Crippen LogP contribution in [0.3, 0.4) is 0 Å². The largest absolute Gasteiger partial charge is 0.503 e. The van der Waals surface area contributed by atoms with E-state index in [9.17, 15) is 33.4 Å². The first kappa shape index (κ1) is 32.0. The molecule has 8 nitrogen and oxygen atoms in total. The molecule has 0 fully saturated rings. The maximum Gasteiger partial charge on any atom is 0.407 e. The Balaban J connectivity index is 1.52. The second kappa shape index (κ2) is 17.4. The molecule has 0 spiro atoms. The number of carboxylic acid groups (broad SMARTS) is 1. The highest BCUT2D eigenvalue weighted by Gasteiger charge is 2.19. The van der Waals surface area contributed by atoms with E-state index in [0.717, 1.165) is 102 Å². The molecule has 0 saturated carbocycles. The topological polar surface area (TPSA) is 120 Å². The number of phenols is 1. The van der Waals surface area contributed by atoms with Gasteiger partial charge < -0.3 is 24.8 Å². The Bertz CT molecular complexity index is 1120. The SMILES string of the molecule is CCCCCCN(CCCCCCCCCCCCNC(=O)c1cc2cc(F)c(O)c(F)c2oc1=O)C(=O)O. The normalized spacial score (nSPS) is 11.2. The fourth-order valence-corrected chi connectivity index (χ4v) is 4.51. The number of carbonyl (C=O) groups is 2. The zero-order valence-corrected chi connectivity index (χ0v) is 22.9. The fraction of sp³-hybridized carbons (Fsp3) is 0.621. The molecular formula is C29H42F2N2O6. The van der Waals surface area contributed by atoms with E-state index in [1.165, 1.54) is 0 Å². The minimum Gasteiger partial charge on any atom is -0.503 e. The van der Waals surface area contributed by atoms with E-state index in [0.29, 0.717) is 19.6 Å². The number of nitrogens with one attached hydrogen (secondary N) is 1. The molecule has 0 aliphatic rings. The van der Waals surface area contributed by atoms with Crippen LogP contribution in [0.4, 0.5) is 13.6 Å². The highest BCUT2D eigenvalue weighted by molar-refractivity contribution is 5.96. The lowest BCUT2D eigenvalue weighted by Gasteiger charge is -2.19. The van der Waals surface area contributed by atoms with E-state index in [1.54, 1.807) is 4.90 Å². The minimum absolute atomic E-state index is 0.132. The van der Waals surface area contributed by atoms with Crippen molar-refractivity contribution < 1.29 is 33.0 Å². The van der Waals surface area contributed by atoms with Crippen LogP contribution >= 0.6 is 0 Å². The Morgan fingerprint density at radius 3 is 1.97 bits per heavy atom. The Labute approximate surface area is 228 Å². The number of aromatic hydroxyl groups is 1. The van der Waals surface area contributed by atoms with Crippen molar-refractivity contribution in [3.63, 3.8) is 0 Å². The Morgan fingerprint density at radius 1 is 0.872 bits per heavy atom. The lowest BCUT2D eigenvalue weighted by molar-refractivity contribution is 0.0949. The third-order valence-corrected chi connectivity index (χ3v) is 6.83. The van der Waals surface area contributed by atoms with Crippen molar-refractivity contribution in [1.82, 2.24) is 10.2 Å². The Kier molecular flexibility index (Phi) is 14.3. The zero-order valence-electron chi connectivity index (χ0n) is 22.9. The van der Waals surface area contributed by atoms with Gasteiger partial charge in [0.15, 0.2) is 17.1 Å². The molecule has 1 aromatic carbocycles. The van der Waals surface area contributed by atoms with E-state index in [4.69, 9.17) is 4.42 Å². The molecule has 3 N–H and O–H groups in total. The first-order valence-corrected chi connectivity index (χ1v) is 14.2. The number of phenolic OH excluding ortho intramolecular Hbond substituents is 1. The number of amides is 2. The highest BCUT2D eigenvalue weighted by atomic mass is 19.1. The predicted octanol–water partition coefficient (Wildman–Crippen LogP) is 6.97. The predicted molar refractivity (Wildman–Crippen MR) is 146 cm³/mol. The summed E-state index contributed by atoms with van der Waals surface area (Å²) in [5.41, 5.74) is -2.02. The number of hydrogen-bond donors (Lipinski definition) is 3. The van der Waals surface area contributed by atoms with Crippen LogP contribution in [0.2, 0.25) is 0 Å². The van der Waals surface area contributed by atoms with Crippen LogP contribution in [0.1, 0.15) is 107 Å². The summed E-state index contributed by atoms with van der Waals surface area (Å²) in [6.07, 6.45) is 13.8. The van der Waals surface area contributed by atoms with E-state index in [1.807, 2.05) is 0 Å². The highest BCUT2D eigenvalue weighted by Crippen LogP contribution is 2.28. The van der Waals surface area contributed by atoms with Crippen molar-refractivity contribution in [2.45, 2.75) is 96.8 Å². The first-order chi connectivity index (χ1) is 18.8. The summed E-state index contributed by atoms with van der Waals surface area (Å²) in [7, 11) is 0. The molecule has 0 bridgehead atoms. The summed E-state index contributed by atoms with van der Waals surface area (Å²) in [6, 6.07) is 1.86. The standard InChI is InChI=1S/C29H42F2N2O6/c1-2-3-4-14-17-33(29(37)38)18-15-12-10-8-6-5-7-9-11-13-16-32-27(35)22-19-21-20-23(30)25(34)24(31)26(21)39-28(22)36/h19-20,34H,2-18H2,1H3,(H,32,35)(H,37,38). The van der Waals surface area contributed by atoms with Crippen molar-refractivity contribution in [3.05, 3.63) is 39.8 Å². The molecule has 0 aliphatic heterocycles. The quantitative estimate of drug-likeness (QED) is 0.128. The van der Waals surface area contributed by atoms with Crippen LogP contribution < -0.4 is 10.9 Å². The molecule has 0 saturated heterocycles. The van der Waals surface area contributed by atoms with Gasteiger partial charge in [0.1, 0.15) is 5.56 Å². The van der Waals surface area contributed by atoms with Crippen LogP contribution in [0, 0.1) is 11.6 Å². The third-order valence-electron chi connectivity index (χ3n) is 6.83. The maximum atomic E-state index is 13.9. The molecule has 0 atom stereocenters. The molecule has 2 rings (SSSR count). The molecule has 0 radical (unpaired) electrons. The summed E-state index contributed by atoms with van der Waals surface area (Å²) in [6.45, 7) is 3.75. The second-order valence-electron chi connectivity index (χ2n) is 10.0. The van der Waals surface area contributed by atoms with Gasteiger partial charge in [0.05, 0.1) is 0 Å². The number of benzene rings is 1. The van der Waals surface area contributed by atoms with Gasteiger partial charge in [0, 0.05) is 25.0 Å². The van der Waals surface area contributed by atoms with Crippen LogP contribution in [-0.4, -0.2) is 46.7 Å². The van der Waals surface area contributed by atoms with E-state index in [-0.39, 0.29) is 10.9 Å². The number of hydrogen-bond acceptors (Lipinski definition) is 5. The van der Waals surface area contributed by atoms with E-state index >= 15 is 0 Å². The summed E-state index contributed by atoms with van der Waals surface area (Å²) < 4.78 is 32.3. The molecule has 1 aromatic heterocycles. The van der Waals surface area contributed by atoms with Gasteiger partial charge >= 0.3 is 11.7 Å². The Morgan fingerprint density at radius 2 is 1.41 bits per heavy atom. The number of fused-ring (bicyclic) bond motifs is 1. The average molecular weight is 553 g/mol. The molecule has 0 aliphatic carbocycles. The van der Waals surface area contributed by atoms with Gasteiger partial charge in [-0.25, -0.2) is 14.0 Å². The smallest absolute Gasteiger partial charge is 0.407 e. The van der Waals surface area contributed by atoms with Gasteiger partial charge in [-0.15, -0.1) is 0 Å². The van der Waals surface area contributed by atoms with Gasteiger partial charge in [-0.1, -0.05) is 77.6 Å². The number of halogens is 2. The summed E-state index contributed by atoms with van der Waals surface area (Å²) in [5, 5.41) is 21.1. The monoisotopic (exact) mass is 552 g/mol. The average Bonchev–Trinajstić information content (AvgIpc) is 2.91. The molecule has 218 valence electrons. The number of carbonyl (C=O) groups excluding carboxylic acids is 1. The fourth-order valence-electron chi connectivity index (χ4n) is 4.51. The maximum absolute atomic E-state index is 13.9. The molecular weight excluding hydrogens is 510 g/mol. The molecule has 39 heavy (non-hydrogen) atoms. The second-order valence-corrected chi connectivity index (χ2v) is 10.0. The van der Waals surface area contributed by atoms with Crippen molar-refractivity contribution in [2.75, 3.05) is 19.6 Å². The van der Waals surface area contributed by atoms with Gasteiger partial charge in [0.25, 0.3) is 5.91 Å². The summed E-state index contributed by atoms with van der Waals surface area (Å²) in [5.74, 6) is -4.52. The van der Waals surface area contributed by atoms with Gasteiger partial charge in [-0.2, -0.15) is 4.39 Å². The van der Waals surface area contributed by atoms with Crippen LogP contribution in [0.15, 0.2) is 21.3 Å².